The second-order valence-corrected chi connectivity index (χ2v) is 6.41. The molecule has 0 radical (unpaired) electrons. The standard InChI is InChI=1S/C19H24N2O4/c1-11(2)17-16(13(4)21-25-17)19(23)24-14(5)18(22)20-10-15-8-6-12(3)7-9-15/h6-9,11,14H,10H2,1-5H3,(H,20,22)/t14-/m0/s1. The SMILES string of the molecule is Cc1ccc(CNC(=O)[C@H](C)OC(=O)c2c(C)noc2C(C)C)cc1. The number of carbonyl (C=O) groups is 2. The number of nitrogens with zero attached hydrogens (tertiary/aromatic N) is 1. The van der Waals surface area contributed by atoms with E-state index in [0.29, 0.717) is 23.6 Å². The maximum atomic E-state index is 12.4. The Kier molecular flexibility index (Phi) is 5.96. The van der Waals surface area contributed by atoms with Crippen molar-refractivity contribution in [2.24, 2.45) is 0 Å². The van der Waals surface area contributed by atoms with Gasteiger partial charge >= 0.3 is 5.97 Å². The van der Waals surface area contributed by atoms with Gasteiger partial charge in [0.1, 0.15) is 5.56 Å². The third-order valence-electron chi connectivity index (χ3n) is 3.86. The molecule has 1 aromatic carbocycles. The van der Waals surface area contributed by atoms with Crippen molar-refractivity contribution < 1.29 is 18.8 Å². The molecule has 0 aliphatic carbocycles. The number of hydrogen-bond donors (Lipinski definition) is 1. The maximum absolute atomic E-state index is 12.4. The minimum Gasteiger partial charge on any atom is -0.449 e. The molecule has 2 rings (SSSR count). The lowest BCUT2D eigenvalue weighted by molar-refractivity contribution is -0.129. The lowest BCUT2D eigenvalue weighted by atomic mass is 10.1. The van der Waals surface area contributed by atoms with Gasteiger partial charge in [-0.05, 0) is 26.3 Å². The molecule has 6 nitrogen and oxygen atoms in total. The number of amides is 1. The van der Waals surface area contributed by atoms with Crippen molar-refractivity contribution in [2.75, 3.05) is 0 Å². The zero-order valence-corrected chi connectivity index (χ0v) is 15.3. The van der Waals surface area contributed by atoms with E-state index in [4.69, 9.17) is 9.26 Å². The van der Waals surface area contributed by atoms with Gasteiger partial charge in [0.25, 0.3) is 5.91 Å². The maximum Gasteiger partial charge on any atom is 0.344 e. The molecular weight excluding hydrogens is 320 g/mol. The molecule has 0 unspecified atom stereocenters. The van der Waals surface area contributed by atoms with Crippen molar-refractivity contribution in [3.8, 4) is 0 Å². The van der Waals surface area contributed by atoms with Gasteiger partial charge in [-0.1, -0.05) is 48.8 Å². The molecule has 0 spiro atoms. The molecule has 0 bridgehead atoms. The molecular formula is C19H24N2O4. The van der Waals surface area contributed by atoms with E-state index < -0.39 is 12.1 Å². The Hall–Kier alpha value is -2.63. The summed E-state index contributed by atoms with van der Waals surface area (Å²) in [4.78, 5) is 24.5. The lowest BCUT2D eigenvalue weighted by Crippen LogP contribution is -2.35. The Labute approximate surface area is 147 Å². The summed E-state index contributed by atoms with van der Waals surface area (Å²) >= 11 is 0. The normalized spacial score (nSPS) is 12.1. The fourth-order valence-corrected chi connectivity index (χ4v) is 2.34. The molecule has 1 atom stereocenters. The minimum atomic E-state index is -0.910. The van der Waals surface area contributed by atoms with Crippen molar-refractivity contribution in [1.82, 2.24) is 10.5 Å². The van der Waals surface area contributed by atoms with Crippen LogP contribution in [0.3, 0.4) is 0 Å². The summed E-state index contributed by atoms with van der Waals surface area (Å²) in [7, 11) is 0. The average molecular weight is 344 g/mol. The van der Waals surface area contributed by atoms with Gasteiger partial charge in [0.05, 0.1) is 5.69 Å². The Balaban J connectivity index is 1.95. The molecule has 0 fully saturated rings. The Morgan fingerprint density at radius 1 is 1.16 bits per heavy atom. The van der Waals surface area contributed by atoms with Crippen LogP contribution in [0.2, 0.25) is 0 Å². The van der Waals surface area contributed by atoms with Crippen LogP contribution >= 0.6 is 0 Å². The first-order chi connectivity index (χ1) is 11.8. The first kappa shape index (κ1) is 18.7. The number of carbonyl (C=O) groups excluding carboxylic acids is 2. The van der Waals surface area contributed by atoms with Crippen LogP contribution in [-0.4, -0.2) is 23.1 Å². The van der Waals surface area contributed by atoms with E-state index >= 15 is 0 Å². The van der Waals surface area contributed by atoms with Crippen molar-refractivity contribution in [3.63, 3.8) is 0 Å². The zero-order chi connectivity index (χ0) is 18.6. The largest absolute Gasteiger partial charge is 0.449 e. The molecule has 25 heavy (non-hydrogen) atoms. The van der Waals surface area contributed by atoms with Crippen molar-refractivity contribution >= 4 is 11.9 Å². The average Bonchev–Trinajstić information content (AvgIpc) is 2.96. The highest BCUT2D eigenvalue weighted by Gasteiger charge is 2.27. The molecule has 6 heteroatoms. The number of rotatable bonds is 6. The van der Waals surface area contributed by atoms with E-state index in [2.05, 4.69) is 10.5 Å². The smallest absolute Gasteiger partial charge is 0.344 e. The highest BCUT2D eigenvalue weighted by Crippen LogP contribution is 2.23. The van der Waals surface area contributed by atoms with Crippen molar-refractivity contribution in [3.05, 3.63) is 52.4 Å². The van der Waals surface area contributed by atoms with Gasteiger partial charge in [-0.2, -0.15) is 0 Å². The summed E-state index contributed by atoms with van der Waals surface area (Å²) in [5, 5.41) is 6.58. The molecule has 0 saturated heterocycles. The third-order valence-corrected chi connectivity index (χ3v) is 3.86. The molecule has 1 amide bonds. The summed E-state index contributed by atoms with van der Waals surface area (Å²) < 4.78 is 10.5. The van der Waals surface area contributed by atoms with Crippen LogP contribution in [0.1, 0.15) is 59.6 Å². The van der Waals surface area contributed by atoms with Crippen LogP contribution in [0, 0.1) is 13.8 Å². The number of aromatic nitrogens is 1. The van der Waals surface area contributed by atoms with Crippen LogP contribution < -0.4 is 5.32 Å². The summed E-state index contributed by atoms with van der Waals surface area (Å²) in [5.41, 5.74) is 2.89. The number of esters is 1. The number of nitrogens with one attached hydrogen (secondary N) is 1. The van der Waals surface area contributed by atoms with Gasteiger partial charge in [-0.25, -0.2) is 4.79 Å². The van der Waals surface area contributed by atoms with Gasteiger partial charge < -0.3 is 14.6 Å². The van der Waals surface area contributed by atoms with Crippen LogP contribution in [0.5, 0.6) is 0 Å². The molecule has 0 saturated carbocycles. The summed E-state index contributed by atoms with van der Waals surface area (Å²) in [6.07, 6.45) is -0.910. The summed E-state index contributed by atoms with van der Waals surface area (Å²) in [6.45, 7) is 9.39. The monoisotopic (exact) mass is 344 g/mol. The molecule has 1 heterocycles. The number of hydrogen-bond acceptors (Lipinski definition) is 5. The summed E-state index contributed by atoms with van der Waals surface area (Å²) in [5.74, 6) is -0.487. The van der Waals surface area contributed by atoms with Gasteiger partial charge in [-0.3, -0.25) is 4.79 Å². The molecule has 2 aromatic rings. The van der Waals surface area contributed by atoms with Crippen LogP contribution in [0.4, 0.5) is 0 Å². The second kappa shape index (κ2) is 7.96. The van der Waals surface area contributed by atoms with Crippen molar-refractivity contribution in [1.29, 1.82) is 0 Å². The number of benzene rings is 1. The first-order valence-electron chi connectivity index (χ1n) is 8.30. The highest BCUT2D eigenvalue weighted by molar-refractivity contribution is 5.94. The number of aryl methyl sites for hydroxylation is 2. The molecule has 0 aliphatic rings. The lowest BCUT2D eigenvalue weighted by Gasteiger charge is -2.14. The Morgan fingerprint density at radius 3 is 2.40 bits per heavy atom. The van der Waals surface area contributed by atoms with Gasteiger partial charge in [-0.15, -0.1) is 0 Å². The van der Waals surface area contributed by atoms with Gasteiger partial charge in [0.2, 0.25) is 0 Å². The van der Waals surface area contributed by atoms with E-state index in [-0.39, 0.29) is 11.8 Å². The van der Waals surface area contributed by atoms with Gasteiger partial charge in [0.15, 0.2) is 11.9 Å². The second-order valence-electron chi connectivity index (χ2n) is 6.41. The molecule has 1 aromatic heterocycles. The third kappa shape index (κ3) is 4.68. The van der Waals surface area contributed by atoms with E-state index in [1.807, 2.05) is 45.0 Å². The number of ether oxygens (including phenoxy) is 1. The zero-order valence-electron chi connectivity index (χ0n) is 15.3. The summed E-state index contributed by atoms with van der Waals surface area (Å²) in [6, 6.07) is 7.85. The Morgan fingerprint density at radius 2 is 1.80 bits per heavy atom. The quantitative estimate of drug-likeness (QED) is 0.813. The molecule has 134 valence electrons. The van der Waals surface area contributed by atoms with E-state index in [1.165, 1.54) is 0 Å². The van der Waals surface area contributed by atoms with Crippen molar-refractivity contribution in [2.45, 2.75) is 53.2 Å². The predicted octanol–water partition coefficient (Wildman–Crippen LogP) is 3.28. The highest BCUT2D eigenvalue weighted by atomic mass is 16.5. The minimum absolute atomic E-state index is 0.00517. The van der Waals surface area contributed by atoms with Crippen LogP contribution in [0.25, 0.3) is 0 Å². The van der Waals surface area contributed by atoms with E-state index in [9.17, 15) is 9.59 Å². The van der Waals surface area contributed by atoms with E-state index in [0.717, 1.165) is 11.1 Å². The predicted molar refractivity (Wildman–Crippen MR) is 93.2 cm³/mol. The first-order valence-corrected chi connectivity index (χ1v) is 8.30. The molecule has 1 N–H and O–H groups in total. The van der Waals surface area contributed by atoms with Crippen LogP contribution in [-0.2, 0) is 16.1 Å². The van der Waals surface area contributed by atoms with Gasteiger partial charge in [0, 0.05) is 12.5 Å². The Bertz CT molecular complexity index is 747. The fraction of sp³-hybridized carbons (Fsp3) is 0.421. The van der Waals surface area contributed by atoms with E-state index in [1.54, 1.807) is 13.8 Å². The van der Waals surface area contributed by atoms with Crippen LogP contribution in [0.15, 0.2) is 28.8 Å². The molecule has 0 aliphatic heterocycles. The fourth-order valence-electron chi connectivity index (χ4n) is 2.34. The topological polar surface area (TPSA) is 81.4 Å².